The Labute approximate surface area is 212 Å². The first-order valence-corrected chi connectivity index (χ1v) is 13.1. The fourth-order valence-corrected chi connectivity index (χ4v) is 5.36. The quantitative estimate of drug-likeness (QED) is 0.303. The van der Waals surface area contributed by atoms with Gasteiger partial charge in [0.25, 0.3) is 5.89 Å². The number of piperidine rings is 1. The second kappa shape index (κ2) is 10.2. The van der Waals surface area contributed by atoms with Crippen LogP contribution in [0.2, 0.25) is 0 Å². The minimum Gasteiger partial charge on any atom is -0.369 e. The average molecular weight is 481 g/mol. The van der Waals surface area contributed by atoms with Crippen molar-refractivity contribution in [2.24, 2.45) is 0 Å². The summed E-state index contributed by atoms with van der Waals surface area (Å²) in [7, 11) is 0. The Morgan fingerprint density at radius 3 is 2.64 bits per heavy atom. The number of nitrogens with one attached hydrogen (secondary N) is 1. The number of hydrogen-bond donors (Lipinski definition) is 1. The molecule has 2 aromatic carbocycles. The van der Waals surface area contributed by atoms with Gasteiger partial charge in [-0.3, -0.25) is 0 Å². The van der Waals surface area contributed by atoms with E-state index in [1.807, 2.05) is 13.0 Å². The van der Waals surface area contributed by atoms with Crippen LogP contribution in [0.5, 0.6) is 0 Å². The number of aryl methyl sites for hydroxylation is 1. The summed E-state index contributed by atoms with van der Waals surface area (Å²) in [5.41, 5.74) is 6.79. The molecule has 0 saturated carbocycles. The third kappa shape index (κ3) is 4.88. The molecule has 36 heavy (non-hydrogen) atoms. The van der Waals surface area contributed by atoms with Gasteiger partial charge >= 0.3 is 0 Å². The Kier molecular flexibility index (Phi) is 6.47. The van der Waals surface area contributed by atoms with Crippen LogP contribution in [0.1, 0.15) is 54.2 Å². The normalized spacial score (nSPS) is 15.0. The summed E-state index contributed by atoms with van der Waals surface area (Å²) < 4.78 is 5.41. The minimum absolute atomic E-state index is 0.554. The highest BCUT2D eigenvalue weighted by molar-refractivity contribution is 5.85. The maximum atomic E-state index is 5.41. The molecule has 1 saturated heterocycles. The Bertz CT molecular complexity index is 1340. The number of hydrogen-bond acceptors (Lipinski definition) is 7. The van der Waals surface area contributed by atoms with Crippen LogP contribution in [0.4, 0.5) is 5.82 Å². The zero-order valence-electron chi connectivity index (χ0n) is 20.8. The van der Waals surface area contributed by atoms with Crippen molar-refractivity contribution < 1.29 is 4.52 Å². The number of anilines is 1. The van der Waals surface area contributed by atoms with Gasteiger partial charge < -0.3 is 14.7 Å². The standard InChI is InChI=1S/C29H32N6O/c1-20-31-29(36-34-20)22-11-12-24-23(18-22)19-25-27(24)28(30-13-8-16-35-14-6-3-7-15-35)33-26(32-25)17-21-9-4-2-5-10-21/h2,4-5,9-12,18H,3,6-8,13-17,19H2,1H3,(H,30,32,33). The molecule has 2 aliphatic rings. The SMILES string of the molecule is Cc1noc(-c2ccc3c(c2)Cc2nc(Cc4ccccc4)nc(NCCCN4CCCCC4)c2-3)n1. The first kappa shape index (κ1) is 22.9. The maximum Gasteiger partial charge on any atom is 0.257 e. The molecule has 1 aliphatic carbocycles. The summed E-state index contributed by atoms with van der Waals surface area (Å²) in [5.74, 6) is 3.00. The Morgan fingerprint density at radius 2 is 1.83 bits per heavy atom. The predicted molar refractivity (Wildman–Crippen MR) is 141 cm³/mol. The van der Waals surface area contributed by atoms with E-state index in [-0.39, 0.29) is 0 Å². The van der Waals surface area contributed by atoms with Crippen molar-refractivity contribution >= 4 is 5.82 Å². The molecular weight excluding hydrogens is 448 g/mol. The highest BCUT2D eigenvalue weighted by atomic mass is 16.5. The Hall–Kier alpha value is -3.58. The summed E-state index contributed by atoms with van der Waals surface area (Å²) in [5, 5.41) is 7.63. The van der Waals surface area contributed by atoms with Gasteiger partial charge in [-0.2, -0.15) is 4.98 Å². The zero-order valence-corrected chi connectivity index (χ0v) is 20.8. The maximum absolute atomic E-state index is 5.41. The van der Waals surface area contributed by atoms with E-state index in [4.69, 9.17) is 14.5 Å². The fraction of sp³-hybridized carbons (Fsp3) is 0.379. The molecule has 0 amide bonds. The number of benzene rings is 2. The molecule has 4 aromatic rings. The molecule has 0 radical (unpaired) electrons. The average Bonchev–Trinajstić information content (AvgIpc) is 3.50. The highest BCUT2D eigenvalue weighted by Crippen LogP contribution is 2.41. The van der Waals surface area contributed by atoms with E-state index in [2.05, 4.69) is 62.8 Å². The molecular formula is C29H32N6O. The molecule has 0 bridgehead atoms. The van der Waals surface area contributed by atoms with Crippen LogP contribution in [-0.2, 0) is 12.8 Å². The van der Waals surface area contributed by atoms with Gasteiger partial charge in [-0.25, -0.2) is 9.97 Å². The van der Waals surface area contributed by atoms with Crippen LogP contribution >= 0.6 is 0 Å². The van der Waals surface area contributed by atoms with Crippen molar-refractivity contribution in [1.82, 2.24) is 25.0 Å². The minimum atomic E-state index is 0.554. The van der Waals surface area contributed by atoms with Crippen LogP contribution in [-0.4, -0.2) is 51.2 Å². The van der Waals surface area contributed by atoms with Crippen LogP contribution < -0.4 is 5.32 Å². The first-order chi connectivity index (χ1) is 17.7. The van der Waals surface area contributed by atoms with Gasteiger partial charge in [0.15, 0.2) is 5.82 Å². The van der Waals surface area contributed by atoms with E-state index in [0.29, 0.717) is 11.7 Å². The van der Waals surface area contributed by atoms with E-state index in [1.165, 1.54) is 49.0 Å². The number of rotatable bonds is 8. The summed E-state index contributed by atoms with van der Waals surface area (Å²) in [6.45, 7) is 6.35. The number of likely N-dealkylation sites (tertiary alicyclic amines) is 1. The molecule has 0 spiro atoms. The van der Waals surface area contributed by atoms with Crippen molar-refractivity contribution in [3.05, 3.63) is 77.0 Å². The van der Waals surface area contributed by atoms with Crippen LogP contribution in [0.15, 0.2) is 53.1 Å². The molecule has 1 fully saturated rings. The fourth-order valence-electron chi connectivity index (χ4n) is 5.36. The van der Waals surface area contributed by atoms with Gasteiger partial charge in [-0.1, -0.05) is 48.0 Å². The van der Waals surface area contributed by atoms with E-state index >= 15 is 0 Å². The van der Waals surface area contributed by atoms with E-state index < -0.39 is 0 Å². The lowest BCUT2D eigenvalue weighted by Crippen LogP contribution is -2.31. The predicted octanol–water partition coefficient (Wildman–Crippen LogP) is 5.28. The van der Waals surface area contributed by atoms with Crippen LogP contribution in [0.25, 0.3) is 22.6 Å². The summed E-state index contributed by atoms with van der Waals surface area (Å²) in [6.07, 6.45) is 6.64. The van der Waals surface area contributed by atoms with Crippen LogP contribution in [0, 0.1) is 6.92 Å². The second-order valence-corrected chi connectivity index (χ2v) is 9.85. The van der Waals surface area contributed by atoms with Crippen molar-refractivity contribution in [3.63, 3.8) is 0 Å². The zero-order chi connectivity index (χ0) is 24.3. The largest absolute Gasteiger partial charge is 0.369 e. The van der Waals surface area contributed by atoms with Gasteiger partial charge in [0.2, 0.25) is 0 Å². The van der Waals surface area contributed by atoms with E-state index in [1.54, 1.807) is 0 Å². The lowest BCUT2D eigenvalue weighted by atomic mass is 10.0. The molecule has 1 aliphatic heterocycles. The van der Waals surface area contributed by atoms with E-state index in [0.717, 1.165) is 60.8 Å². The van der Waals surface area contributed by atoms with Crippen molar-refractivity contribution in [2.75, 3.05) is 31.5 Å². The molecule has 7 nitrogen and oxygen atoms in total. The Balaban J connectivity index is 1.27. The van der Waals surface area contributed by atoms with Gasteiger partial charge in [-0.05, 0) is 74.6 Å². The molecule has 2 aromatic heterocycles. The van der Waals surface area contributed by atoms with Gasteiger partial charge in [0.05, 0.1) is 5.69 Å². The second-order valence-electron chi connectivity index (χ2n) is 9.85. The van der Waals surface area contributed by atoms with Gasteiger partial charge in [0.1, 0.15) is 11.6 Å². The molecule has 0 unspecified atom stereocenters. The topological polar surface area (TPSA) is 80.0 Å². The molecule has 3 heterocycles. The number of fused-ring (bicyclic) bond motifs is 3. The molecule has 6 rings (SSSR count). The lowest BCUT2D eigenvalue weighted by Gasteiger charge is -2.26. The number of nitrogens with zero attached hydrogens (tertiary/aromatic N) is 5. The van der Waals surface area contributed by atoms with Crippen molar-refractivity contribution in [1.29, 1.82) is 0 Å². The van der Waals surface area contributed by atoms with Gasteiger partial charge in [-0.15, -0.1) is 0 Å². The summed E-state index contributed by atoms with van der Waals surface area (Å²) >= 11 is 0. The molecule has 1 N–H and O–H groups in total. The monoisotopic (exact) mass is 480 g/mol. The highest BCUT2D eigenvalue weighted by Gasteiger charge is 2.26. The third-order valence-corrected chi connectivity index (χ3v) is 7.13. The molecule has 184 valence electrons. The third-order valence-electron chi connectivity index (χ3n) is 7.13. The Morgan fingerprint density at radius 1 is 0.972 bits per heavy atom. The number of aromatic nitrogens is 4. The summed E-state index contributed by atoms with van der Waals surface area (Å²) in [6, 6.07) is 16.8. The lowest BCUT2D eigenvalue weighted by molar-refractivity contribution is 0.228. The van der Waals surface area contributed by atoms with Crippen LogP contribution in [0.3, 0.4) is 0 Å². The molecule has 7 heteroatoms. The smallest absolute Gasteiger partial charge is 0.257 e. The first-order valence-electron chi connectivity index (χ1n) is 13.1. The van der Waals surface area contributed by atoms with Crippen molar-refractivity contribution in [2.45, 2.75) is 45.4 Å². The van der Waals surface area contributed by atoms with E-state index in [9.17, 15) is 0 Å². The van der Waals surface area contributed by atoms with Gasteiger partial charge in [0, 0.05) is 30.5 Å². The van der Waals surface area contributed by atoms with Crippen molar-refractivity contribution in [3.8, 4) is 22.6 Å². The summed E-state index contributed by atoms with van der Waals surface area (Å²) in [4.78, 5) is 17.0. The molecule has 0 atom stereocenters.